The number of rotatable bonds is 1. The third-order valence-corrected chi connectivity index (χ3v) is 3.27. The minimum atomic E-state index is -0.901. The second-order valence-corrected chi connectivity index (χ2v) is 4.78. The van der Waals surface area contributed by atoms with Crippen molar-refractivity contribution in [2.75, 3.05) is 18.4 Å². The smallest absolute Gasteiger partial charge is 0.313 e. The Morgan fingerprint density at radius 2 is 1.70 bits per heavy atom. The number of nitrogens with one attached hydrogen (secondary N) is 1. The highest BCUT2D eigenvalue weighted by Gasteiger charge is 2.23. The zero-order valence-corrected chi connectivity index (χ0v) is 11.0. The number of likely N-dealkylation sites (tertiary alicyclic amines) is 1. The van der Waals surface area contributed by atoms with Crippen molar-refractivity contribution in [2.45, 2.75) is 25.7 Å². The quantitative estimate of drug-likeness (QED) is 0.804. The molecule has 6 heteroatoms. The molecule has 1 aliphatic rings. The molecule has 1 heterocycles. The standard InChI is InChI=1S/C14H16F2N2O2/c15-10-5-6-12(11(16)9-10)17-13(19)14(20)18-7-3-1-2-4-8-18/h5-6,9H,1-4,7-8H2,(H,17,19). The van der Waals surface area contributed by atoms with E-state index in [1.165, 1.54) is 4.90 Å². The Hall–Kier alpha value is -1.98. The van der Waals surface area contributed by atoms with Crippen molar-refractivity contribution < 1.29 is 18.4 Å². The van der Waals surface area contributed by atoms with Crippen molar-refractivity contribution in [1.82, 2.24) is 4.90 Å². The van der Waals surface area contributed by atoms with Crippen molar-refractivity contribution in [3.05, 3.63) is 29.8 Å². The predicted molar refractivity (Wildman–Crippen MR) is 70.0 cm³/mol. The molecule has 2 rings (SSSR count). The first-order valence-electron chi connectivity index (χ1n) is 6.63. The average Bonchev–Trinajstić information content (AvgIpc) is 2.70. The van der Waals surface area contributed by atoms with Gasteiger partial charge in [0.2, 0.25) is 0 Å². The summed E-state index contributed by atoms with van der Waals surface area (Å²) in [6.07, 6.45) is 3.81. The molecule has 1 fully saturated rings. The van der Waals surface area contributed by atoms with Crippen LogP contribution in [-0.2, 0) is 9.59 Å². The summed E-state index contributed by atoms with van der Waals surface area (Å²) in [6.45, 7) is 1.08. The number of nitrogens with zero attached hydrogens (tertiary/aromatic N) is 1. The molecular weight excluding hydrogens is 266 g/mol. The number of carbonyl (C=O) groups excluding carboxylic acids is 2. The lowest BCUT2D eigenvalue weighted by Crippen LogP contribution is -2.40. The molecule has 0 atom stereocenters. The average molecular weight is 282 g/mol. The SMILES string of the molecule is O=C(Nc1ccc(F)cc1F)C(=O)N1CCCCCC1. The maximum absolute atomic E-state index is 13.4. The van der Waals surface area contributed by atoms with E-state index < -0.39 is 23.4 Å². The van der Waals surface area contributed by atoms with E-state index in [-0.39, 0.29) is 5.69 Å². The Morgan fingerprint density at radius 3 is 2.30 bits per heavy atom. The summed E-state index contributed by atoms with van der Waals surface area (Å²) >= 11 is 0. The minimum Gasteiger partial charge on any atom is -0.334 e. The van der Waals surface area contributed by atoms with E-state index in [1.54, 1.807) is 0 Å². The van der Waals surface area contributed by atoms with Gasteiger partial charge in [0.15, 0.2) is 0 Å². The van der Waals surface area contributed by atoms with Crippen LogP contribution in [-0.4, -0.2) is 29.8 Å². The summed E-state index contributed by atoms with van der Waals surface area (Å²) in [5.74, 6) is -3.20. The highest BCUT2D eigenvalue weighted by atomic mass is 19.1. The zero-order valence-electron chi connectivity index (χ0n) is 11.0. The van der Waals surface area contributed by atoms with E-state index in [1.807, 2.05) is 0 Å². The van der Waals surface area contributed by atoms with E-state index in [9.17, 15) is 18.4 Å². The van der Waals surface area contributed by atoms with Gasteiger partial charge in [0, 0.05) is 19.2 Å². The molecule has 20 heavy (non-hydrogen) atoms. The fourth-order valence-electron chi connectivity index (χ4n) is 2.18. The lowest BCUT2D eigenvalue weighted by Gasteiger charge is -2.19. The summed E-state index contributed by atoms with van der Waals surface area (Å²) in [6, 6.07) is 2.78. The van der Waals surface area contributed by atoms with Crippen LogP contribution in [0.3, 0.4) is 0 Å². The molecule has 0 bridgehead atoms. The van der Waals surface area contributed by atoms with Crippen molar-refractivity contribution in [3.63, 3.8) is 0 Å². The van der Waals surface area contributed by atoms with Gasteiger partial charge in [-0.05, 0) is 25.0 Å². The number of hydrogen-bond acceptors (Lipinski definition) is 2. The number of benzene rings is 1. The van der Waals surface area contributed by atoms with Gasteiger partial charge in [0.25, 0.3) is 0 Å². The van der Waals surface area contributed by atoms with Gasteiger partial charge < -0.3 is 10.2 Å². The van der Waals surface area contributed by atoms with E-state index in [2.05, 4.69) is 5.32 Å². The Balaban J connectivity index is 2.01. The molecule has 4 nitrogen and oxygen atoms in total. The monoisotopic (exact) mass is 282 g/mol. The normalized spacial score (nSPS) is 15.6. The summed E-state index contributed by atoms with van der Waals surface area (Å²) in [5.41, 5.74) is -0.195. The molecule has 0 spiro atoms. The van der Waals surface area contributed by atoms with Gasteiger partial charge in [-0.25, -0.2) is 8.78 Å². The maximum atomic E-state index is 13.4. The van der Waals surface area contributed by atoms with Crippen LogP contribution in [0.1, 0.15) is 25.7 Å². The fraction of sp³-hybridized carbons (Fsp3) is 0.429. The molecule has 1 aromatic rings. The maximum Gasteiger partial charge on any atom is 0.313 e. The van der Waals surface area contributed by atoms with E-state index >= 15 is 0 Å². The molecule has 108 valence electrons. The lowest BCUT2D eigenvalue weighted by atomic mass is 10.2. The lowest BCUT2D eigenvalue weighted by molar-refractivity contribution is -0.143. The van der Waals surface area contributed by atoms with Gasteiger partial charge in [0.05, 0.1) is 5.69 Å². The number of hydrogen-bond donors (Lipinski definition) is 1. The molecule has 0 aromatic heterocycles. The van der Waals surface area contributed by atoms with Gasteiger partial charge in [-0.1, -0.05) is 12.8 Å². The van der Waals surface area contributed by atoms with Gasteiger partial charge in [-0.2, -0.15) is 0 Å². The summed E-state index contributed by atoms with van der Waals surface area (Å²) in [7, 11) is 0. The van der Waals surface area contributed by atoms with Gasteiger partial charge in [0.1, 0.15) is 11.6 Å². The van der Waals surface area contributed by atoms with Crippen LogP contribution in [0.5, 0.6) is 0 Å². The Morgan fingerprint density at radius 1 is 1.05 bits per heavy atom. The number of carbonyl (C=O) groups is 2. The molecule has 0 radical (unpaired) electrons. The van der Waals surface area contributed by atoms with Crippen molar-refractivity contribution in [1.29, 1.82) is 0 Å². The molecule has 1 aliphatic heterocycles. The Labute approximate surface area is 115 Å². The summed E-state index contributed by atoms with van der Waals surface area (Å²) in [5, 5.41) is 2.18. The van der Waals surface area contributed by atoms with Crippen LogP contribution in [0.15, 0.2) is 18.2 Å². The van der Waals surface area contributed by atoms with Gasteiger partial charge in [-0.15, -0.1) is 0 Å². The second kappa shape index (κ2) is 6.45. The van der Waals surface area contributed by atoms with Crippen LogP contribution >= 0.6 is 0 Å². The molecule has 2 amide bonds. The molecule has 0 unspecified atom stereocenters. The Bertz CT molecular complexity index is 512. The van der Waals surface area contributed by atoms with E-state index in [0.29, 0.717) is 19.2 Å². The molecule has 1 aromatic carbocycles. The number of anilines is 1. The summed E-state index contributed by atoms with van der Waals surface area (Å²) < 4.78 is 26.2. The molecular formula is C14H16F2N2O2. The topological polar surface area (TPSA) is 49.4 Å². The highest BCUT2D eigenvalue weighted by Crippen LogP contribution is 2.15. The first kappa shape index (κ1) is 14.4. The van der Waals surface area contributed by atoms with Gasteiger partial charge in [-0.3, -0.25) is 9.59 Å². The molecule has 1 N–H and O–H groups in total. The second-order valence-electron chi connectivity index (χ2n) is 4.78. The zero-order chi connectivity index (χ0) is 14.5. The first-order chi connectivity index (χ1) is 9.58. The van der Waals surface area contributed by atoms with Crippen LogP contribution < -0.4 is 5.32 Å². The fourth-order valence-corrected chi connectivity index (χ4v) is 2.18. The number of amides is 2. The first-order valence-corrected chi connectivity index (χ1v) is 6.63. The summed E-state index contributed by atoms with van der Waals surface area (Å²) in [4.78, 5) is 25.2. The Kier molecular flexibility index (Phi) is 4.65. The third-order valence-electron chi connectivity index (χ3n) is 3.27. The van der Waals surface area contributed by atoms with Crippen molar-refractivity contribution >= 4 is 17.5 Å². The van der Waals surface area contributed by atoms with Gasteiger partial charge >= 0.3 is 11.8 Å². The van der Waals surface area contributed by atoms with E-state index in [0.717, 1.165) is 37.8 Å². The molecule has 0 saturated carbocycles. The van der Waals surface area contributed by atoms with Crippen LogP contribution in [0.4, 0.5) is 14.5 Å². The van der Waals surface area contributed by atoms with Crippen molar-refractivity contribution in [2.24, 2.45) is 0 Å². The molecule has 1 saturated heterocycles. The number of halogens is 2. The largest absolute Gasteiger partial charge is 0.334 e. The minimum absolute atomic E-state index is 0.195. The predicted octanol–water partition coefficient (Wildman–Crippen LogP) is 2.31. The van der Waals surface area contributed by atoms with Crippen LogP contribution in [0.25, 0.3) is 0 Å². The van der Waals surface area contributed by atoms with Crippen molar-refractivity contribution in [3.8, 4) is 0 Å². The third kappa shape index (κ3) is 3.53. The highest BCUT2D eigenvalue weighted by molar-refractivity contribution is 6.39. The molecule has 0 aliphatic carbocycles. The van der Waals surface area contributed by atoms with Crippen LogP contribution in [0, 0.1) is 11.6 Å². The van der Waals surface area contributed by atoms with E-state index in [4.69, 9.17) is 0 Å². The van der Waals surface area contributed by atoms with Crippen LogP contribution in [0.2, 0.25) is 0 Å².